The highest BCUT2D eigenvalue weighted by atomic mass is 127. The highest BCUT2D eigenvalue weighted by Crippen LogP contribution is 2.47. The van der Waals surface area contributed by atoms with E-state index in [9.17, 15) is 0 Å². The molecule has 0 amide bonds. The highest BCUT2D eigenvalue weighted by Gasteiger charge is 2.44. The molecular formula is C15H21IN2O. The maximum Gasteiger partial charge on any atom is 0.0686 e. The quantitative estimate of drug-likeness (QED) is 0.487. The van der Waals surface area contributed by atoms with Crippen LogP contribution in [0.5, 0.6) is 0 Å². The maximum atomic E-state index is 6.01. The Morgan fingerprint density at radius 2 is 2.05 bits per heavy atom. The summed E-state index contributed by atoms with van der Waals surface area (Å²) in [5.41, 5.74) is 4.51. The van der Waals surface area contributed by atoms with Crippen LogP contribution in [0.3, 0.4) is 0 Å². The van der Waals surface area contributed by atoms with Crippen LogP contribution >= 0.6 is 22.6 Å². The highest BCUT2D eigenvalue weighted by molar-refractivity contribution is 14.1. The molecule has 2 fully saturated rings. The van der Waals surface area contributed by atoms with Gasteiger partial charge in [0, 0.05) is 16.2 Å². The first-order valence-electron chi connectivity index (χ1n) is 7.08. The average Bonchev–Trinajstić information content (AvgIpc) is 2.40. The van der Waals surface area contributed by atoms with E-state index in [0.717, 1.165) is 19.4 Å². The van der Waals surface area contributed by atoms with E-state index in [1.54, 1.807) is 0 Å². The fourth-order valence-corrected chi connectivity index (χ4v) is 3.80. The third-order valence-electron chi connectivity index (χ3n) is 4.68. The van der Waals surface area contributed by atoms with Crippen molar-refractivity contribution in [3.63, 3.8) is 0 Å². The van der Waals surface area contributed by atoms with Gasteiger partial charge in [0.15, 0.2) is 0 Å². The van der Waals surface area contributed by atoms with Crippen molar-refractivity contribution in [3.8, 4) is 0 Å². The van der Waals surface area contributed by atoms with Crippen LogP contribution < -0.4 is 11.3 Å². The molecule has 1 aliphatic heterocycles. The molecule has 1 heterocycles. The van der Waals surface area contributed by atoms with E-state index in [0.29, 0.717) is 5.92 Å². The largest absolute Gasteiger partial charge is 0.375 e. The second-order valence-electron chi connectivity index (χ2n) is 5.83. The molecule has 3 nitrogen and oxygen atoms in total. The summed E-state index contributed by atoms with van der Waals surface area (Å²) in [7, 11) is 0. The summed E-state index contributed by atoms with van der Waals surface area (Å²) < 4.78 is 7.27. The van der Waals surface area contributed by atoms with Crippen LogP contribution in [0.2, 0.25) is 0 Å². The SMILES string of the molecule is NNC(c1ccc(I)cc1)C1CCOC2(CCC2)C1. The molecule has 3 N–H and O–H groups in total. The van der Waals surface area contributed by atoms with Crippen molar-refractivity contribution in [3.05, 3.63) is 33.4 Å². The number of ether oxygens (including phenoxy) is 1. The molecular weight excluding hydrogens is 351 g/mol. The lowest BCUT2D eigenvalue weighted by atomic mass is 9.70. The summed E-state index contributed by atoms with van der Waals surface area (Å²) in [6.45, 7) is 0.882. The van der Waals surface area contributed by atoms with Gasteiger partial charge in [-0.2, -0.15) is 0 Å². The molecule has 1 spiro atoms. The molecule has 1 aromatic rings. The summed E-state index contributed by atoms with van der Waals surface area (Å²) in [6, 6.07) is 8.93. The first kappa shape index (κ1) is 13.8. The van der Waals surface area contributed by atoms with Crippen molar-refractivity contribution >= 4 is 22.6 Å². The van der Waals surface area contributed by atoms with E-state index in [1.165, 1.54) is 28.4 Å². The number of halogens is 1. The minimum atomic E-state index is 0.182. The Hall–Kier alpha value is -0.170. The molecule has 0 radical (unpaired) electrons. The third kappa shape index (κ3) is 2.82. The predicted octanol–water partition coefficient (Wildman–Crippen LogP) is 3.14. The second kappa shape index (κ2) is 5.68. The monoisotopic (exact) mass is 372 g/mol. The standard InChI is InChI=1S/C15H21IN2O/c16-13-4-2-11(3-5-13)14(18-17)12-6-9-19-15(10-12)7-1-8-15/h2-5,12,14,18H,1,6-10,17H2. The fourth-order valence-electron chi connectivity index (χ4n) is 3.44. The minimum absolute atomic E-state index is 0.182. The van der Waals surface area contributed by atoms with Gasteiger partial charge in [-0.25, -0.2) is 0 Å². The zero-order valence-corrected chi connectivity index (χ0v) is 13.2. The van der Waals surface area contributed by atoms with Gasteiger partial charge in [0.2, 0.25) is 0 Å². The lowest BCUT2D eigenvalue weighted by Gasteiger charge is -2.48. The Morgan fingerprint density at radius 1 is 1.32 bits per heavy atom. The number of rotatable bonds is 3. The van der Waals surface area contributed by atoms with Gasteiger partial charge in [0.05, 0.1) is 5.60 Å². The Balaban J connectivity index is 1.76. The summed E-state index contributed by atoms with van der Waals surface area (Å²) >= 11 is 2.34. The number of hydrogen-bond acceptors (Lipinski definition) is 3. The van der Waals surface area contributed by atoms with E-state index in [1.807, 2.05) is 0 Å². The molecule has 0 bridgehead atoms. The van der Waals surface area contributed by atoms with Crippen LogP contribution in [0.25, 0.3) is 0 Å². The van der Waals surface area contributed by atoms with Crippen molar-refractivity contribution in [1.82, 2.24) is 5.43 Å². The Labute approximate surface area is 128 Å². The number of nitrogens with one attached hydrogen (secondary N) is 1. The number of hydrazine groups is 1. The van der Waals surface area contributed by atoms with Crippen molar-refractivity contribution < 1.29 is 4.74 Å². The van der Waals surface area contributed by atoms with Crippen LogP contribution in [-0.4, -0.2) is 12.2 Å². The molecule has 0 aromatic heterocycles. The van der Waals surface area contributed by atoms with Crippen LogP contribution in [0.1, 0.15) is 43.7 Å². The van der Waals surface area contributed by atoms with E-state index in [4.69, 9.17) is 10.6 Å². The Bertz CT molecular complexity index is 430. The van der Waals surface area contributed by atoms with Crippen molar-refractivity contribution in [2.24, 2.45) is 11.8 Å². The van der Waals surface area contributed by atoms with E-state index in [2.05, 4.69) is 52.3 Å². The van der Waals surface area contributed by atoms with Crippen LogP contribution in [0, 0.1) is 9.49 Å². The molecule has 2 aliphatic rings. The van der Waals surface area contributed by atoms with Crippen molar-refractivity contribution in [2.75, 3.05) is 6.61 Å². The van der Waals surface area contributed by atoms with Crippen LogP contribution in [0.15, 0.2) is 24.3 Å². The van der Waals surface area contributed by atoms with Crippen molar-refractivity contribution in [2.45, 2.75) is 43.7 Å². The molecule has 2 atom stereocenters. The van der Waals surface area contributed by atoms with Crippen LogP contribution in [-0.2, 0) is 4.74 Å². The van der Waals surface area contributed by atoms with Gasteiger partial charge in [-0.15, -0.1) is 0 Å². The third-order valence-corrected chi connectivity index (χ3v) is 5.40. The first-order valence-corrected chi connectivity index (χ1v) is 8.16. The Morgan fingerprint density at radius 3 is 2.63 bits per heavy atom. The zero-order valence-electron chi connectivity index (χ0n) is 11.1. The van der Waals surface area contributed by atoms with Gasteiger partial charge < -0.3 is 4.74 Å². The summed E-state index contributed by atoms with van der Waals surface area (Å²) in [6.07, 6.45) is 6.02. The smallest absolute Gasteiger partial charge is 0.0686 e. The lowest BCUT2D eigenvalue weighted by Crippen LogP contribution is -2.48. The zero-order chi connectivity index (χ0) is 13.3. The maximum absolute atomic E-state index is 6.01. The number of hydrogen-bond donors (Lipinski definition) is 2. The van der Waals surface area contributed by atoms with Crippen LogP contribution in [0.4, 0.5) is 0 Å². The molecule has 1 saturated heterocycles. The van der Waals surface area contributed by atoms with Gasteiger partial charge in [-0.05, 0) is 78.3 Å². The summed E-state index contributed by atoms with van der Waals surface area (Å²) in [5.74, 6) is 6.41. The molecule has 104 valence electrons. The fraction of sp³-hybridized carbons (Fsp3) is 0.600. The number of nitrogens with two attached hydrogens (primary N) is 1. The van der Waals surface area contributed by atoms with Gasteiger partial charge in [-0.1, -0.05) is 12.1 Å². The van der Waals surface area contributed by atoms with Crippen molar-refractivity contribution in [1.29, 1.82) is 0 Å². The van der Waals surface area contributed by atoms with Gasteiger partial charge in [-0.3, -0.25) is 11.3 Å². The molecule has 2 unspecified atom stereocenters. The summed E-state index contributed by atoms with van der Waals surface area (Å²) in [4.78, 5) is 0. The lowest BCUT2D eigenvalue weighted by molar-refractivity contribution is -0.147. The van der Waals surface area contributed by atoms with E-state index >= 15 is 0 Å². The molecule has 1 aromatic carbocycles. The molecule has 4 heteroatoms. The molecule has 1 saturated carbocycles. The van der Waals surface area contributed by atoms with E-state index < -0.39 is 0 Å². The normalized spacial score (nSPS) is 26.9. The summed E-state index contributed by atoms with van der Waals surface area (Å²) in [5, 5.41) is 0. The molecule has 1 aliphatic carbocycles. The molecule has 19 heavy (non-hydrogen) atoms. The van der Waals surface area contributed by atoms with E-state index in [-0.39, 0.29) is 11.6 Å². The second-order valence-corrected chi connectivity index (χ2v) is 7.08. The first-order chi connectivity index (χ1) is 9.22. The van der Waals surface area contributed by atoms with Gasteiger partial charge in [0.25, 0.3) is 0 Å². The molecule has 3 rings (SSSR count). The topological polar surface area (TPSA) is 47.3 Å². The predicted molar refractivity (Wildman–Crippen MR) is 84.5 cm³/mol. The van der Waals surface area contributed by atoms with Gasteiger partial charge >= 0.3 is 0 Å². The number of benzene rings is 1. The minimum Gasteiger partial charge on any atom is -0.375 e. The van der Waals surface area contributed by atoms with Gasteiger partial charge in [0.1, 0.15) is 0 Å². The Kier molecular flexibility index (Phi) is 4.12. The average molecular weight is 372 g/mol.